The summed E-state index contributed by atoms with van der Waals surface area (Å²) < 4.78 is 6.98. The van der Waals surface area contributed by atoms with E-state index in [1.54, 1.807) is 23.7 Å². The van der Waals surface area contributed by atoms with E-state index >= 15 is 0 Å². The van der Waals surface area contributed by atoms with Crippen molar-refractivity contribution in [2.45, 2.75) is 0 Å². The van der Waals surface area contributed by atoms with Crippen LogP contribution in [0.4, 0.5) is 5.69 Å². The first kappa shape index (κ1) is 14.6. The first-order chi connectivity index (χ1) is 11.8. The van der Waals surface area contributed by atoms with E-state index in [0.717, 1.165) is 27.2 Å². The Hall–Kier alpha value is -2.99. The van der Waals surface area contributed by atoms with Gasteiger partial charge in [-0.2, -0.15) is 4.98 Å². The van der Waals surface area contributed by atoms with Crippen molar-refractivity contribution in [3.8, 4) is 23.0 Å². The third-order valence-corrected chi connectivity index (χ3v) is 4.42. The van der Waals surface area contributed by atoms with Crippen LogP contribution < -0.4 is 10.1 Å². The minimum absolute atomic E-state index is 0.558. The molecule has 118 valence electrons. The molecule has 6 heteroatoms. The molecule has 24 heavy (non-hydrogen) atoms. The number of hydrogen-bond donors (Lipinski definition) is 1. The molecule has 4 rings (SSSR count). The van der Waals surface area contributed by atoms with Crippen LogP contribution in [0.2, 0.25) is 0 Å². The van der Waals surface area contributed by atoms with Crippen LogP contribution in [0.1, 0.15) is 0 Å². The SMILES string of the molecule is CNc1cccc(Oc2nc(-c3cccnc3)nc3ccsc23)c1. The van der Waals surface area contributed by atoms with Crippen LogP contribution in [0.25, 0.3) is 21.6 Å². The molecular formula is C18H14N4OS. The Balaban J connectivity index is 1.80. The molecule has 0 radical (unpaired) electrons. The molecule has 0 saturated carbocycles. The molecule has 4 aromatic rings. The number of pyridine rings is 1. The first-order valence-electron chi connectivity index (χ1n) is 7.45. The Morgan fingerprint density at radius 2 is 2.04 bits per heavy atom. The van der Waals surface area contributed by atoms with E-state index in [9.17, 15) is 0 Å². The van der Waals surface area contributed by atoms with Crippen molar-refractivity contribution >= 4 is 27.2 Å². The number of rotatable bonds is 4. The Labute approximate surface area is 143 Å². The molecule has 0 unspecified atom stereocenters. The standard InChI is InChI=1S/C18H14N4OS/c1-19-13-5-2-6-14(10-13)23-18-16-15(7-9-24-16)21-17(22-18)12-4-3-8-20-11-12/h2-11,19H,1H3. The zero-order chi connectivity index (χ0) is 16.4. The van der Waals surface area contributed by atoms with Gasteiger partial charge >= 0.3 is 0 Å². The van der Waals surface area contributed by atoms with Crippen LogP contribution in [0.15, 0.2) is 60.2 Å². The smallest absolute Gasteiger partial charge is 0.240 e. The highest BCUT2D eigenvalue weighted by Gasteiger charge is 2.13. The summed E-state index contributed by atoms with van der Waals surface area (Å²) in [6.07, 6.45) is 3.48. The molecule has 0 aliphatic heterocycles. The lowest BCUT2D eigenvalue weighted by atomic mass is 10.2. The molecular weight excluding hydrogens is 320 g/mol. The van der Waals surface area contributed by atoms with Crippen molar-refractivity contribution in [2.24, 2.45) is 0 Å². The van der Waals surface area contributed by atoms with Gasteiger partial charge in [0.05, 0.1) is 5.52 Å². The Kier molecular flexibility index (Phi) is 3.80. The predicted molar refractivity (Wildman–Crippen MR) is 96.7 cm³/mol. The summed E-state index contributed by atoms with van der Waals surface area (Å²) in [4.78, 5) is 13.4. The lowest BCUT2D eigenvalue weighted by Crippen LogP contribution is -1.95. The van der Waals surface area contributed by atoms with Gasteiger partial charge in [-0.15, -0.1) is 11.3 Å². The molecule has 0 saturated heterocycles. The van der Waals surface area contributed by atoms with E-state index in [1.165, 1.54) is 0 Å². The number of ether oxygens (including phenoxy) is 1. The Bertz CT molecular complexity index is 985. The van der Waals surface area contributed by atoms with Crippen molar-refractivity contribution in [3.05, 3.63) is 60.2 Å². The van der Waals surface area contributed by atoms with E-state index in [2.05, 4.69) is 20.3 Å². The molecule has 1 aromatic carbocycles. The molecule has 0 fully saturated rings. The quantitative estimate of drug-likeness (QED) is 0.591. The summed E-state index contributed by atoms with van der Waals surface area (Å²) in [7, 11) is 1.88. The average molecular weight is 334 g/mol. The maximum Gasteiger partial charge on any atom is 0.240 e. The number of nitrogens with one attached hydrogen (secondary N) is 1. The monoisotopic (exact) mass is 334 g/mol. The predicted octanol–water partition coefficient (Wildman–Crippen LogP) is 4.59. The molecule has 0 bridgehead atoms. The van der Waals surface area contributed by atoms with Gasteiger partial charge in [0.1, 0.15) is 10.4 Å². The molecule has 0 aliphatic rings. The van der Waals surface area contributed by atoms with Crippen LogP contribution in [0.5, 0.6) is 11.6 Å². The summed E-state index contributed by atoms with van der Waals surface area (Å²) >= 11 is 1.57. The maximum absolute atomic E-state index is 6.05. The normalized spacial score (nSPS) is 10.7. The number of thiophene rings is 1. The van der Waals surface area contributed by atoms with Crippen LogP contribution in [0, 0.1) is 0 Å². The minimum Gasteiger partial charge on any atom is -0.437 e. The number of hydrogen-bond acceptors (Lipinski definition) is 6. The summed E-state index contributed by atoms with van der Waals surface area (Å²) in [5.41, 5.74) is 2.71. The van der Waals surface area contributed by atoms with Gasteiger partial charge in [0, 0.05) is 36.8 Å². The maximum atomic E-state index is 6.05. The van der Waals surface area contributed by atoms with E-state index in [-0.39, 0.29) is 0 Å². The average Bonchev–Trinajstić information content (AvgIpc) is 3.11. The first-order valence-corrected chi connectivity index (χ1v) is 8.33. The van der Waals surface area contributed by atoms with Gasteiger partial charge in [-0.05, 0) is 35.7 Å². The van der Waals surface area contributed by atoms with Crippen molar-refractivity contribution in [2.75, 3.05) is 12.4 Å². The van der Waals surface area contributed by atoms with Gasteiger partial charge < -0.3 is 10.1 Å². The number of anilines is 1. The van der Waals surface area contributed by atoms with Crippen LogP contribution >= 0.6 is 11.3 Å². The lowest BCUT2D eigenvalue weighted by Gasteiger charge is -2.09. The second-order valence-electron chi connectivity index (χ2n) is 5.11. The van der Waals surface area contributed by atoms with Gasteiger partial charge in [-0.25, -0.2) is 4.98 Å². The van der Waals surface area contributed by atoms with Gasteiger partial charge in [0.2, 0.25) is 5.88 Å². The van der Waals surface area contributed by atoms with Gasteiger partial charge in [0.25, 0.3) is 0 Å². The van der Waals surface area contributed by atoms with Crippen molar-refractivity contribution in [3.63, 3.8) is 0 Å². The van der Waals surface area contributed by atoms with Crippen molar-refractivity contribution in [1.29, 1.82) is 0 Å². The summed E-state index contributed by atoms with van der Waals surface area (Å²) in [6, 6.07) is 13.5. The third-order valence-electron chi connectivity index (χ3n) is 3.53. The largest absolute Gasteiger partial charge is 0.437 e. The van der Waals surface area contributed by atoms with E-state index in [4.69, 9.17) is 4.74 Å². The van der Waals surface area contributed by atoms with Gasteiger partial charge in [-0.1, -0.05) is 6.07 Å². The third kappa shape index (κ3) is 2.79. The second kappa shape index (κ2) is 6.25. The van der Waals surface area contributed by atoms with E-state index < -0.39 is 0 Å². The van der Waals surface area contributed by atoms with E-state index in [1.807, 2.05) is 54.9 Å². The molecule has 5 nitrogen and oxygen atoms in total. The zero-order valence-electron chi connectivity index (χ0n) is 12.9. The van der Waals surface area contributed by atoms with Crippen molar-refractivity contribution in [1.82, 2.24) is 15.0 Å². The number of benzene rings is 1. The van der Waals surface area contributed by atoms with Crippen LogP contribution in [-0.2, 0) is 0 Å². The fraction of sp³-hybridized carbons (Fsp3) is 0.0556. The fourth-order valence-corrected chi connectivity index (χ4v) is 3.11. The fourth-order valence-electron chi connectivity index (χ4n) is 2.36. The zero-order valence-corrected chi connectivity index (χ0v) is 13.7. The van der Waals surface area contributed by atoms with Gasteiger partial charge in [0.15, 0.2) is 5.82 Å². The summed E-state index contributed by atoms with van der Waals surface area (Å²) in [6.45, 7) is 0. The van der Waals surface area contributed by atoms with Crippen molar-refractivity contribution < 1.29 is 4.74 Å². The Morgan fingerprint density at radius 1 is 1.08 bits per heavy atom. The lowest BCUT2D eigenvalue weighted by molar-refractivity contribution is 0.470. The van der Waals surface area contributed by atoms with E-state index in [0.29, 0.717) is 11.7 Å². The molecule has 0 aliphatic carbocycles. The highest BCUT2D eigenvalue weighted by molar-refractivity contribution is 7.17. The Morgan fingerprint density at radius 3 is 2.88 bits per heavy atom. The molecule has 0 spiro atoms. The summed E-state index contributed by atoms with van der Waals surface area (Å²) in [5.74, 6) is 1.89. The molecule has 3 aromatic heterocycles. The highest BCUT2D eigenvalue weighted by Crippen LogP contribution is 2.33. The number of aromatic nitrogens is 3. The molecule has 1 N–H and O–H groups in total. The van der Waals surface area contributed by atoms with Gasteiger partial charge in [-0.3, -0.25) is 4.98 Å². The highest BCUT2D eigenvalue weighted by atomic mass is 32.1. The molecule has 0 atom stereocenters. The molecule has 0 amide bonds. The second-order valence-corrected chi connectivity index (χ2v) is 6.03. The van der Waals surface area contributed by atoms with Crippen LogP contribution in [0.3, 0.4) is 0 Å². The van der Waals surface area contributed by atoms with Crippen LogP contribution in [-0.4, -0.2) is 22.0 Å². The number of nitrogens with zero attached hydrogens (tertiary/aromatic N) is 3. The minimum atomic E-state index is 0.558. The molecule has 3 heterocycles. The number of fused-ring (bicyclic) bond motifs is 1. The summed E-state index contributed by atoms with van der Waals surface area (Å²) in [5, 5.41) is 5.09. The topological polar surface area (TPSA) is 59.9 Å².